The molecule has 0 radical (unpaired) electrons. The first-order valence-electron chi connectivity index (χ1n) is 11.3. The van der Waals surface area contributed by atoms with Crippen molar-refractivity contribution in [2.45, 2.75) is 25.7 Å². The van der Waals surface area contributed by atoms with Crippen LogP contribution in [0.3, 0.4) is 0 Å². The van der Waals surface area contributed by atoms with Crippen LogP contribution in [-0.2, 0) is 9.59 Å². The molecular weight excluding hydrogens is 502 g/mol. The van der Waals surface area contributed by atoms with Gasteiger partial charge < -0.3 is 14.2 Å². The average Bonchev–Trinajstić information content (AvgIpc) is 3.46. The number of thiocarbonyl (C=S) groups is 1. The van der Waals surface area contributed by atoms with Gasteiger partial charge in [0.15, 0.2) is 11.5 Å². The Bertz CT molecular complexity index is 1220. The van der Waals surface area contributed by atoms with Gasteiger partial charge in [0.25, 0.3) is 11.8 Å². The van der Waals surface area contributed by atoms with Crippen LogP contribution < -0.4 is 25.1 Å². The first-order chi connectivity index (χ1) is 17.5. The van der Waals surface area contributed by atoms with E-state index in [1.165, 1.54) is 18.9 Å². The van der Waals surface area contributed by atoms with Crippen molar-refractivity contribution < 1.29 is 28.6 Å². The third-order valence-electron chi connectivity index (χ3n) is 5.52. The zero-order chi connectivity index (χ0) is 25.5. The van der Waals surface area contributed by atoms with E-state index in [4.69, 9.17) is 26.4 Å². The number of unbranched alkanes of at least 4 members (excludes halogenated alkanes) is 2. The van der Waals surface area contributed by atoms with E-state index in [9.17, 15) is 14.4 Å². The number of para-hydroxylation sites is 1. The van der Waals surface area contributed by atoms with Crippen LogP contribution in [0, 0.1) is 0 Å². The largest absolute Gasteiger partial charge is 0.496 e. The molecule has 0 atom stereocenters. The van der Waals surface area contributed by atoms with Crippen LogP contribution >= 0.6 is 24.0 Å². The summed E-state index contributed by atoms with van der Waals surface area (Å²) in [5.41, 5.74) is 5.98. The van der Waals surface area contributed by atoms with Crippen LogP contribution in [0.1, 0.15) is 41.6 Å². The van der Waals surface area contributed by atoms with Gasteiger partial charge in [0, 0.05) is 13.0 Å². The molecular formula is C25H25N3O6S2. The minimum atomic E-state index is -0.455. The van der Waals surface area contributed by atoms with Crippen LogP contribution in [0.25, 0.3) is 6.08 Å². The van der Waals surface area contributed by atoms with E-state index in [1.807, 2.05) is 18.2 Å². The molecule has 0 aliphatic carbocycles. The van der Waals surface area contributed by atoms with Gasteiger partial charge in [0.2, 0.25) is 12.7 Å². The van der Waals surface area contributed by atoms with Crippen LogP contribution in [0.4, 0.5) is 0 Å². The van der Waals surface area contributed by atoms with Gasteiger partial charge in [-0.3, -0.25) is 30.1 Å². The van der Waals surface area contributed by atoms with Gasteiger partial charge in [-0.15, -0.1) is 0 Å². The summed E-state index contributed by atoms with van der Waals surface area (Å²) < 4.78 is 16.4. The third-order valence-corrected chi connectivity index (χ3v) is 6.90. The average molecular weight is 528 g/mol. The highest BCUT2D eigenvalue weighted by Gasteiger charge is 2.31. The molecule has 2 aromatic carbocycles. The van der Waals surface area contributed by atoms with Crippen molar-refractivity contribution in [3.8, 4) is 17.2 Å². The molecule has 188 valence electrons. The van der Waals surface area contributed by atoms with Gasteiger partial charge in [0.05, 0.1) is 17.6 Å². The molecule has 3 amide bonds. The number of nitrogens with zero attached hydrogens (tertiary/aromatic N) is 1. The summed E-state index contributed by atoms with van der Waals surface area (Å²) >= 11 is 6.67. The molecule has 1 saturated heterocycles. The Balaban J connectivity index is 1.17. The van der Waals surface area contributed by atoms with E-state index in [0.717, 1.165) is 12.0 Å². The molecule has 0 spiro atoms. The molecule has 2 heterocycles. The van der Waals surface area contributed by atoms with Gasteiger partial charge in [-0.25, -0.2) is 0 Å². The Morgan fingerprint density at radius 3 is 2.75 bits per heavy atom. The molecule has 11 heteroatoms. The number of nitrogens with one attached hydrogen (secondary N) is 2. The van der Waals surface area contributed by atoms with Crippen molar-refractivity contribution in [2.75, 3.05) is 20.4 Å². The monoisotopic (exact) mass is 527 g/mol. The van der Waals surface area contributed by atoms with E-state index < -0.39 is 5.91 Å². The number of hydrogen-bond donors (Lipinski definition) is 2. The standard InChI is InChI=1S/C25H25N3O6S2/c1-32-18-8-5-4-7-17(18)23(30)27-26-22(29)9-3-2-6-12-28-24(31)21(36-25(28)35)14-16-10-11-19-20(13-16)34-15-33-19/h4-5,7-8,10-11,13-14H,2-3,6,9,12,15H2,1H3,(H,26,29)(H,27,30)/b21-14-. The molecule has 2 N–H and O–H groups in total. The van der Waals surface area contributed by atoms with Crippen LogP contribution in [-0.4, -0.2) is 47.4 Å². The van der Waals surface area contributed by atoms with Crippen molar-refractivity contribution in [3.05, 3.63) is 58.5 Å². The number of fused-ring (bicyclic) bond motifs is 1. The molecule has 36 heavy (non-hydrogen) atoms. The fourth-order valence-electron chi connectivity index (χ4n) is 3.67. The second-order valence-electron chi connectivity index (χ2n) is 7.96. The van der Waals surface area contributed by atoms with Crippen molar-refractivity contribution in [3.63, 3.8) is 0 Å². The summed E-state index contributed by atoms with van der Waals surface area (Å²) in [7, 11) is 1.47. The Morgan fingerprint density at radius 1 is 1.11 bits per heavy atom. The molecule has 9 nitrogen and oxygen atoms in total. The highest BCUT2D eigenvalue weighted by Crippen LogP contribution is 2.36. The van der Waals surface area contributed by atoms with Crippen LogP contribution in [0.15, 0.2) is 47.4 Å². The van der Waals surface area contributed by atoms with E-state index >= 15 is 0 Å². The Labute approximate surface area is 218 Å². The Morgan fingerprint density at radius 2 is 1.92 bits per heavy atom. The zero-order valence-corrected chi connectivity index (χ0v) is 21.2. The topological polar surface area (TPSA) is 106 Å². The second kappa shape index (κ2) is 11.9. The number of rotatable bonds is 9. The number of carbonyl (C=O) groups is 3. The highest BCUT2D eigenvalue weighted by molar-refractivity contribution is 8.26. The highest BCUT2D eigenvalue weighted by atomic mass is 32.2. The SMILES string of the molecule is COc1ccccc1C(=O)NNC(=O)CCCCCN1C(=O)/C(=C/c2ccc3c(c2)OCO3)SC1=S. The number of thioether (sulfide) groups is 1. The van der Waals surface area contributed by atoms with E-state index in [2.05, 4.69) is 10.9 Å². The molecule has 2 aliphatic rings. The van der Waals surface area contributed by atoms with Crippen molar-refractivity contribution in [1.29, 1.82) is 0 Å². The lowest BCUT2D eigenvalue weighted by Crippen LogP contribution is -2.41. The number of hydrazine groups is 1. The fraction of sp³-hybridized carbons (Fsp3) is 0.280. The van der Waals surface area contributed by atoms with Crippen LogP contribution in [0.5, 0.6) is 17.2 Å². The molecule has 0 aromatic heterocycles. The normalized spacial score (nSPS) is 15.4. The maximum absolute atomic E-state index is 12.8. The number of benzene rings is 2. The first kappa shape index (κ1) is 25.5. The first-order valence-corrected chi connectivity index (χ1v) is 12.6. The van der Waals surface area contributed by atoms with Crippen LogP contribution in [0.2, 0.25) is 0 Å². The molecule has 0 bridgehead atoms. The maximum atomic E-state index is 12.8. The lowest BCUT2D eigenvalue weighted by molar-refractivity contribution is -0.123. The molecule has 2 aromatic rings. The number of methoxy groups -OCH3 is 1. The number of hydrogen-bond acceptors (Lipinski definition) is 8. The summed E-state index contributed by atoms with van der Waals surface area (Å²) in [6.07, 6.45) is 4.08. The Kier molecular flexibility index (Phi) is 8.44. The van der Waals surface area contributed by atoms with Crippen molar-refractivity contribution >= 4 is 52.1 Å². The predicted molar refractivity (Wildman–Crippen MR) is 140 cm³/mol. The fourth-order valence-corrected chi connectivity index (χ4v) is 4.98. The van der Waals surface area contributed by atoms with Gasteiger partial charge in [-0.1, -0.05) is 48.6 Å². The molecule has 2 aliphatic heterocycles. The summed E-state index contributed by atoms with van der Waals surface area (Å²) in [6, 6.07) is 12.3. The van der Waals surface area contributed by atoms with Gasteiger partial charge in [-0.2, -0.15) is 0 Å². The van der Waals surface area contributed by atoms with Gasteiger partial charge in [0.1, 0.15) is 10.1 Å². The minimum absolute atomic E-state index is 0.125. The number of ether oxygens (including phenoxy) is 3. The summed E-state index contributed by atoms with van der Waals surface area (Å²) in [4.78, 5) is 39.3. The van der Waals surface area contributed by atoms with Crippen molar-refractivity contribution in [2.24, 2.45) is 0 Å². The lowest BCUT2D eigenvalue weighted by atomic mass is 10.1. The molecule has 0 saturated carbocycles. The summed E-state index contributed by atoms with van der Waals surface area (Å²) in [5, 5.41) is 0. The van der Waals surface area contributed by atoms with E-state index in [0.29, 0.717) is 51.4 Å². The maximum Gasteiger partial charge on any atom is 0.273 e. The zero-order valence-electron chi connectivity index (χ0n) is 19.6. The Hall–Kier alpha value is -3.57. The second-order valence-corrected chi connectivity index (χ2v) is 9.64. The van der Waals surface area contributed by atoms with Crippen molar-refractivity contribution in [1.82, 2.24) is 15.8 Å². The molecule has 4 rings (SSSR count). The van der Waals surface area contributed by atoms with Gasteiger partial charge >= 0.3 is 0 Å². The summed E-state index contributed by atoms with van der Waals surface area (Å²) in [6.45, 7) is 0.676. The predicted octanol–water partition coefficient (Wildman–Crippen LogP) is 3.65. The quantitative estimate of drug-likeness (QED) is 0.220. The molecule has 0 unspecified atom stereocenters. The minimum Gasteiger partial charge on any atom is -0.496 e. The smallest absolute Gasteiger partial charge is 0.273 e. The van der Waals surface area contributed by atoms with E-state index in [1.54, 1.807) is 35.2 Å². The van der Waals surface area contributed by atoms with Gasteiger partial charge in [-0.05, 0) is 48.7 Å². The summed E-state index contributed by atoms with van der Waals surface area (Å²) in [5.74, 6) is 0.888. The number of carbonyl (C=O) groups excluding carboxylic acids is 3. The van der Waals surface area contributed by atoms with E-state index in [-0.39, 0.29) is 25.0 Å². The molecule has 1 fully saturated rings. The lowest BCUT2D eigenvalue weighted by Gasteiger charge is -2.14. The number of amides is 3. The third kappa shape index (κ3) is 6.16.